The van der Waals surface area contributed by atoms with Crippen molar-refractivity contribution in [3.63, 3.8) is 0 Å². The van der Waals surface area contributed by atoms with E-state index in [1.54, 1.807) is 18.9 Å². The maximum absolute atomic E-state index is 13.6. The molecule has 0 atom stereocenters. The van der Waals surface area contributed by atoms with Crippen LogP contribution in [0.2, 0.25) is 0 Å². The fourth-order valence-electron chi connectivity index (χ4n) is 3.34. The second-order valence-electron chi connectivity index (χ2n) is 6.56. The van der Waals surface area contributed by atoms with Gasteiger partial charge in [0.25, 0.3) is 0 Å². The van der Waals surface area contributed by atoms with Crippen LogP contribution in [-0.4, -0.2) is 13.2 Å². The van der Waals surface area contributed by atoms with Crippen molar-refractivity contribution >= 4 is 0 Å². The van der Waals surface area contributed by atoms with E-state index in [0.717, 1.165) is 18.8 Å². The second kappa shape index (κ2) is 6.45. The Morgan fingerprint density at radius 1 is 1.00 bits per heavy atom. The molecule has 1 aliphatic heterocycles. The van der Waals surface area contributed by atoms with E-state index in [-0.39, 0.29) is 5.82 Å². The molecule has 2 nitrogen and oxygen atoms in total. The van der Waals surface area contributed by atoms with E-state index in [1.807, 2.05) is 6.07 Å². The lowest BCUT2D eigenvalue weighted by Crippen LogP contribution is -2.33. The zero-order valence-electron chi connectivity index (χ0n) is 12.9. The molecule has 0 bridgehead atoms. The normalized spacial score (nSPS) is 28.7. The molecular weight excluding hydrogens is 267 g/mol. The Morgan fingerprint density at radius 2 is 1.67 bits per heavy atom. The molecule has 2 aliphatic rings. The molecule has 1 saturated heterocycles. The fraction of sp³-hybridized carbons (Fsp3) is 0.611. The van der Waals surface area contributed by atoms with Crippen LogP contribution >= 0.6 is 0 Å². The monoisotopic (exact) mass is 291 g/mol. The van der Waals surface area contributed by atoms with Crippen LogP contribution in [-0.2, 0) is 9.47 Å². The van der Waals surface area contributed by atoms with Gasteiger partial charge in [0.15, 0.2) is 6.29 Å². The minimum Gasteiger partial charge on any atom is -0.348 e. The van der Waals surface area contributed by atoms with Crippen molar-refractivity contribution in [2.75, 3.05) is 13.2 Å². The molecule has 0 amide bonds. The maximum Gasteiger partial charge on any atom is 0.183 e. The number of aryl methyl sites for hydroxylation is 1. The largest absolute Gasteiger partial charge is 0.348 e. The first-order chi connectivity index (χ1) is 10.1. The van der Waals surface area contributed by atoms with E-state index in [2.05, 4.69) is 6.92 Å². The van der Waals surface area contributed by atoms with Crippen molar-refractivity contribution in [3.8, 4) is 0 Å². The van der Waals surface area contributed by atoms with Gasteiger partial charge < -0.3 is 9.47 Å². The highest BCUT2D eigenvalue weighted by Gasteiger charge is 2.31. The fourth-order valence-corrected chi connectivity index (χ4v) is 3.34. The Morgan fingerprint density at radius 3 is 2.29 bits per heavy atom. The van der Waals surface area contributed by atoms with Crippen molar-refractivity contribution in [2.24, 2.45) is 11.8 Å². The smallest absolute Gasteiger partial charge is 0.183 e. The Bertz CT molecular complexity index is 472. The van der Waals surface area contributed by atoms with Gasteiger partial charge in [0.05, 0.1) is 13.2 Å². The van der Waals surface area contributed by atoms with Gasteiger partial charge >= 0.3 is 0 Å². The van der Waals surface area contributed by atoms with Crippen LogP contribution in [0.1, 0.15) is 50.0 Å². The number of halogens is 1. The highest BCUT2D eigenvalue weighted by atomic mass is 19.1. The van der Waals surface area contributed by atoms with Crippen molar-refractivity contribution in [3.05, 3.63) is 41.1 Å². The summed E-state index contributed by atoms with van der Waals surface area (Å²) in [5.74, 6) is 2.63. The number of ether oxygens (including phenoxy) is 2. The Balaban J connectivity index is 1.56. The summed E-state index contributed by atoms with van der Waals surface area (Å²) in [6.07, 6.45) is 4.59. The summed E-state index contributed by atoms with van der Waals surface area (Å²) >= 11 is 0. The molecule has 1 aromatic carbocycles. The lowest BCUT2D eigenvalue weighted by molar-refractivity contribution is -0.214. The van der Waals surface area contributed by atoms with Gasteiger partial charge in [0, 0.05) is 11.5 Å². The van der Waals surface area contributed by atoms with Gasteiger partial charge in [0.2, 0.25) is 0 Å². The topological polar surface area (TPSA) is 18.5 Å². The molecule has 1 aromatic rings. The van der Waals surface area contributed by atoms with Crippen molar-refractivity contribution in [1.82, 2.24) is 0 Å². The van der Waals surface area contributed by atoms with Gasteiger partial charge in [-0.25, -0.2) is 4.39 Å². The predicted molar refractivity (Wildman–Crippen MR) is 80.1 cm³/mol. The molecule has 3 rings (SSSR count). The summed E-state index contributed by atoms with van der Waals surface area (Å²) in [5.41, 5.74) is 1.44. The summed E-state index contributed by atoms with van der Waals surface area (Å²) < 4.78 is 25.3. The predicted octanol–water partition coefficient (Wildman–Crippen LogP) is 4.58. The van der Waals surface area contributed by atoms with Gasteiger partial charge in [-0.15, -0.1) is 0 Å². The molecule has 115 valence electrons. The number of hydrogen-bond donors (Lipinski definition) is 0. The molecular formula is C18H24FO2. The molecule has 1 radical (unpaired) electrons. The van der Waals surface area contributed by atoms with E-state index in [0.29, 0.717) is 17.4 Å². The SMILES string of the molecule is C[C]1CCC(C2COC(c3ccc(C)c(F)c3)OC2)CC1. The van der Waals surface area contributed by atoms with Crippen molar-refractivity contribution in [2.45, 2.75) is 45.8 Å². The van der Waals surface area contributed by atoms with Gasteiger partial charge in [-0.2, -0.15) is 0 Å². The summed E-state index contributed by atoms with van der Waals surface area (Å²) in [6.45, 7) is 5.47. The van der Waals surface area contributed by atoms with Crippen LogP contribution in [0.5, 0.6) is 0 Å². The van der Waals surface area contributed by atoms with Gasteiger partial charge in [-0.1, -0.05) is 19.1 Å². The summed E-state index contributed by atoms with van der Waals surface area (Å²) in [5, 5.41) is 0. The van der Waals surface area contributed by atoms with Crippen LogP contribution in [0.15, 0.2) is 18.2 Å². The molecule has 2 fully saturated rings. The van der Waals surface area contributed by atoms with Gasteiger partial charge in [-0.3, -0.25) is 0 Å². The summed E-state index contributed by atoms with van der Waals surface area (Å²) in [7, 11) is 0. The molecule has 1 heterocycles. The lowest BCUT2D eigenvalue weighted by atomic mass is 9.76. The van der Waals surface area contributed by atoms with Crippen LogP contribution < -0.4 is 0 Å². The zero-order chi connectivity index (χ0) is 14.8. The maximum atomic E-state index is 13.6. The molecule has 0 N–H and O–H groups in total. The van der Waals surface area contributed by atoms with E-state index in [9.17, 15) is 4.39 Å². The average Bonchev–Trinajstić information content (AvgIpc) is 2.51. The van der Waals surface area contributed by atoms with Gasteiger partial charge in [0.1, 0.15) is 5.82 Å². The first-order valence-electron chi connectivity index (χ1n) is 7.94. The molecule has 21 heavy (non-hydrogen) atoms. The zero-order valence-corrected chi connectivity index (χ0v) is 12.9. The molecule has 0 aromatic heterocycles. The first-order valence-corrected chi connectivity index (χ1v) is 7.94. The third-order valence-corrected chi connectivity index (χ3v) is 4.94. The highest BCUT2D eigenvalue weighted by Crippen LogP contribution is 2.37. The van der Waals surface area contributed by atoms with E-state index in [4.69, 9.17) is 9.47 Å². The molecule has 3 heteroatoms. The first kappa shape index (κ1) is 15.0. The standard InChI is InChI=1S/C18H24FO2/c1-12-3-6-14(7-4-12)16-10-20-18(21-11-16)15-8-5-13(2)17(19)9-15/h5,8-9,14,16,18H,3-4,6-7,10-11H2,1-2H3. The summed E-state index contributed by atoms with van der Waals surface area (Å²) in [6, 6.07) is 5.20. The quantitative estimate of drug-likeness (QED) is 0.794. The van der Waals surface area contributed by atoms with E-state index in [1.165, 1.54) is 31.7 Å². The average molecular weight is 291 g/mol. The van der Waals surface area contributed by atoms with E-state index >= 15 is 0 Å². The molecule has 0 spiro atoms. The van der Waals surface area contributed by atoms with Crippen molar-refractivity contribution < 1.29 is 13.9 Å². The van der Waals surface area contributed by atoms with Crippen LogP contribution in [0.4, 0.5) is 4.39 Å². The Kier molecular flexibility index (Phi) is 4.60. The summed E-state index contributed by atoms with van der Waals surface area (Å²) in [4.78, 5) is 0. The number of benzene rings is 1. The Hall–Kier alpha value is -0.930. The minimum absolute atomic E-state index is 0.194. The highest BCUT2D eigenvalue weighted by molar-refractivity contribution is 5.24. The van der Waals surface area contributed by atoms with E-state index < -0.39 is 6.29 Å². The Labute approximate surface area is 126 Å². The third-order valence-electron chi connectivity index (χ3n) is 4.94. The lowest BCUT2D eigenvalue weighted by Gasteiger charge is -2.37. The molecule has 1 saturated carbocycles. The molecule has 0 unspecified atom stereocenters. The van der Waals surface area contributed by atoms with Gasteiger partial charge in [-0.05, 0) is 56.1 Å². The van der Waals surface area contributed by atoms with Crippen LogP contribution in [0.25, 0.3) is 0 Å². The minimum atomic E-state index is -0.409. The number of hydrogen-bond acceptors (Lipinski definition) is 2. The van der Waals surface area contributed by atoms with Crippen LogP contribution in [0, 0.1) is 30.5 Å². The van der Waals surface area contributed by atoms with Crippen molar-refractivity contribution in [1.29, 1.82) is 0 Å². The third kappa shape index (κ3) is 3.46. The second-order valence-corrected chi connectivity index (χ2v) is 6.56. The van der Waals surface area contributed by atoms with Crippen LogP contribution in [0.3, 0.4) is 0 Å². The molecule has 1 aliphatic carbocycles. The number of rotatable bonds is 2.